The second kappa shape index (κ2) is 6.29. The van der Waals surface area contributed by atoms with Gasteiger partial charge in [-0.15, -0.1) is 11.3 Å². The summed E-state index contributed by atoms with van der Waals surface area (Å²) >= 11 is 1.46. The van der Waals surface area contributed by atoms with E-state index in [1.54, 1.807) is 17.8 Å². The molecule has 0 fully saturated rings. The van der Waals surface area contributed by atoms with E-state index < -0.39 is 0 Å². The van der Waals surface area contributed by atoms with Gasteiger partial charge >= 0.3 is 0 Å². The summed E-state index contributed by atoms with van der Waals surface area (Å²) in [5, 5.41) is 9.85. The molecular weight excluding hydrogens is 310 g/mol. The number of carbonyl (C=O) groups is 1. The van der Waals surface area contributed by atoms with E-state index in [1.807, 2.05) is 37.7 Å². The minimum Gasteiger partial charge on any atom is -0.347 e. The molecule has 0 unspecified atom stereocenters. The Kier molecular flexibility index (Phi) is 4.20. The molecule has 0 saturated carbocycles. The zero-order valence-electron chi connectivity index (χ0n) is 13.2. The fourth-order valence-corrected chi connectivity index (χ4v) is 3.30. The van der Waals surface area contributed by atoms with Crippen LogP contribution >= 0.6 is 11.3 Å². The first-order valence-corrected chi connectivity index (χ1v) is 8.07. The zero-order valence-corrected chi connectivity index (χ0v) is 14.0. The molecule has 7 heteroatoms. The summed E-state index contributed by atoms with van der Waals surface area (Å²) in [7, 11) is 1.90. The Bertz CT molecular complexity index is 838. The predicted molar refractivity (Wildman–Crippen MR) is 89.2 cm³/mol. The van der Waals surface area contributed by atoms with Gasteiger partial charge < -0.3 is 5.32 Å². The summed E-state index contributed by atoms with van der Waals surface area (Å²) in [6.45, 7) is 4.38. The van der Waals surface area contributed by atoms with Gasteiger partial charge in [-0.3, -0.25) is 14.5 Å². The SMILES string of the molecule is Cc1nn(C)c(C)c1-c1nc(C(=O)NCc2cccnc2)cs1. The Balaban J connectivity index is 1.75. The molecule has 3 heterocycles. The zero-order chi connectivity index (χ0) is 16.4. The van der Waals surface area contributed by atoms with Gasteiger partial charge in [-0.05, 0) is 25.5 Å². The van der Waals surface area contributed by atoms with Crippen LogP contribution in [0, 0.1) is 13.8 Å². The molecule has 23 heavy (non-hydrogen) atoms. The lowest BCUT2D eigenvalue weighted by atomic mass is 10.2. The Hall–Kier alpha value is -2.54. The molecule has 0 radical (unpaired) electrons. The van der Waals surface area contributed by atoms with Crippen molar-refractivity contribution in [2.75, 3.05) is 0 Å². The lowest BCUT2D eigenvalue weighted by molar-refractivity contribution is 0.0946. The monoisotopic (exact) mass is 327 g/mol. The van der Waals surface area contributed by atoms with E-state index in [0.717, 1.165) is 27.5 Å². The highest BCUT2D eigenvalue weighted by molar-refractivity contribution is 7.13. The highest BCUT2D eigenvalue weighted by atomic mass is 32.1. The molecule has 0 aromatic carbocycles. The Morgan fingerprint density at radius 1 is 1.39 bits per heavy atom. The number of nitrogens with zero attached hydrogens (tertiary/aromatic N) is 4. The normalized spacial score (nSPS) is 10.7. The molecule has 0 aliphatic rings. The molecule has 1 N–H and O–H groups in total. The van der Waals surface area contributed by atoms with Gasteiger partial charge in [-0.1, -0.05) is 6.07 Å². The van der Waals surface area contributed by atoms with Crippen molar-refractivity contribution in [1.82, 2.24) is 25.1 Å². The van der Waals surface area contributed by atoms with Crippen molar-refractivity contribution in [3.05, 3.63) is 52.6 Å². The van der Waals surface area contributed by atoms with Crippen LogP contribution in [0.4, 0.5) is 0 Å². The fourth-order valence-electron chi connectivity index (χ4n) is 2.35. The van der Waals surface area contributed by atoms with E-state index in [1.165, 1.54) is 11.3 Å². The summed E-state index contributed by atoms with van der Waals surface area (Å²) in [5.41, 5.74) is 4.34. The Morgan fingerprint density at radius 2 is 2.22 bits per heavy atom. The van der Waals surface area contributed by atoms with Gasteiger partial charge in [-0.2, -0.15) is 5.10 Å². The van der Waals surface area contributed by atoms with E-state index in [-0.39, 0.29) is 5.91 Å². The third-order valence-electron chi connectivity index (χ3n) is 3.64. The van der Waals surface area contributed by atoms with Crippen LogP contribution in [0.2, 0.25) is 0 Å². The molecule has 0 aliphatic heterocycles. The number of hydrogen-bond donors (Lipinski definition) is 1. The first-order valence-electron chi connectivity index (χ1n) is 7.19. The van der Waals surface area contributed by atoms with Crippen LogP contribution in [0.3, 0.4) is 0 Å². The summed E-state index contributed by atoms with van der Waals surface area (Å²) in [6, 6.07) is 3.76. The van der Waals surface area contributed by atoms with Gasteiger partial charge in [-0.25, -0.2) is 4.98 Å². The highest BCUT2D eigenvalue weighted by Crippen LogP contribution is 2.29. The van der Waals surface area contributed by atoms with Gasteiger partial charge in [0.2, 0.25) is 0 Å². The van der Waals surface area contributed by atoms with Crippen molar-refractivity contribution < 1.29 is 4.79 Å². The minimum absolute atomic E-state index is 0.185. The quantitative estimate of drug-likeness (QED) is 0.799. The van der Waals surface area contributed by atoms with Crippen LogP contribution < -0.4 is 5.32 Å². The average Bonchev–Trinajstić information content (AvgIpc) is 3.11. The average molecular weight is 327 g/mol. The standard InChI is InChI=1S/C16H17N5OS/c1-10-14(11(2)21(3)20-10)16-19-13(9-23-16)15(22)18-8-12-5-4-6-17-7-12/h4-7,9H,8H2,1-3H3,(H,18,22). The summed E-state index contributed by atoms with van der Waals surface area (Å²) in [5.74, 6) is -0.185. The maximum absolute atomic E-state index is 12.2. The van der Waals surface area contributed by atoms with Crippen LogP contribution in [-0.4, -0.2) is 25.7 Å². The molecule has 3 aromatic rings. The molecule has 1 amide bonds. The number of nitrogens with one attached hydrogen (secondary N) is 1. The number of thiazole rings is 1. The van der Waals surface area contributed by atoms with E-state index >= 15 is 0 Å². The highest BCUT2D eigenvalue weighted by Gasteiger charge is 2.17. The van der Waals surface area contributed by atoms with Crippen molar-refractivity contribution in [2.24, 2.45) is 7.05 Å². The van der Waals surface area contributed by atoms with Gasteiger partial charge in [0, 0.05) is 37.1 Å². The van der Waals surface area contributed by atoms with Crippen molar-refractivity contribution in [2.45, 2.75) is 20.4 Å². The third kappa shape index (κ3) is 3.14. The summed E-state index contributed by atoms with van der Waals surface area (Å²) in [6.07, 6.45) is 3.44. The smallest absolute Gasteiger partial charge is 0.271 e. The topological polar surface area (TPSA) is 72.7 Å². The minimum atomic E-state index is -0.185. The van der Waals surface area contributed by atoms with E-state index in [0.29, 0.717) is 12.2 Å². The first kappa shape index (κ1) is 15.4. The van der Waals surface area contributed by atoms with Crippen LogP contribution in [0.1, 0.15) is 27.4 Å². The maximum Gasteiger partial charge on any atom is 0.271 e. The van der Waals surface area contributed by atoms with Crippen LogP contribution in [0.5, 0.6) is 0 Å². The number of amides is 1. The van der Waals surface area contributed by atoms with Gasteiger partial charge in [0.1, 0.15) is 10.7 Å². The number of aryl methyl sites for hydroxylation is 2. The molecule has 0 bridgehead atoms. The molecule has 118 valence electrons. The van der Waals surface area contributed by atoms with Crippen molar-refractivity contribution in [3.8, 4) is 10.6 Å². The number of aromatic nitrogens is 4. The maximum atomic E-state index is 12.2. The van der Waals surface area contributed by atoms with Gasteiger partial charge in [0.25, 0.3) is 5.91 Å². The molecule has 0 spiro atoms. The van der Waals surface area contributed by atoms with E-state index in [2.05, 4.69) is 20.4 Å². The fraction of sp³-hybridized carbons (Fsp3) is 0.250. The lowest BCUT2D eigenvalue weighted by Gasteiger charge is -2.02. The van der Waals surface area contributed by atoms with Crippen LogP contribution in [-0.2, 0) is 13.6 Å². The first-order chi connectivity index (χ1) is 11.1. The number of pyridine rings is 1. The Labute approximate surface area is 138 Å². The van der Waals surface area contributed by atoms with Crippen LogP contribution in [0.15, 0.2) is 29.9 Å². The van der Waals surface area contributed by atoms with Gasteiger partial charge in [0.15, 0.2) is 0 Å². The van der Waals surface area contributed by atoms with E-state index in [4.69, 9.17) is 0 Å². The largest absolute Gasteiger partial charge is 0.347 e. The van der Waals surface area contributed by atoms with Crippen molar-refractivity contribution >= 4 is 17.2 Å². The van der Waals surface area contributed by atoms with Crippen molar-refractivity contribution in [3.63, 3.8) is 0 Å². The molecule has 3 rings (SSSR count). The molecule has 0 aliphatic carbocycles. The second-order valence-corrected chi connectivity index (χ2v) is 6.11. The second-order valence-electron chi connectivity index (χ2n) is 5.25. The third-order valence-corrected chi connectivity index (χ3v) is 4.50. The molecule has 6 nitrogen and oxygen atoms in total. The van der Waals surface area contributed by atoms with Gasteiger partial charge in [0.05, 0.1) is 11.3 Å². The Morgan fingerprint density at radius 3 is 2.87 bits per heavy atom. The van der Waals surface area contributed by atoms with Crippen molar-refractivity contribution in [1.29, 1.82) is 0 Å². The number of hydrogen-bond acceptors (Lipinski definition) is 5. The lowest BCUT2D eigenvalue weighted by Crippen LogP contribution is -2.23. The van der Waals surface area contributed by atoms with E-state index in [9.17, 15) is 4.79 Å². The molecule has 3 aromatic heterocycles. The molecule has 0 saturated heterocycles. The predicted octanol–water partition coefficient (Wildman–Crippen LogP) is 2.49. The number of rotatable bonds is 4. The van der Waals surface area contributed by atoms with Crippen LogP contribution in [0.25, 0.3) is 10.6 Å². The number of carbonyl (C=O) groups excluding carboxylic acids is 1. The summed E-state index contributed by atoms with van der Waals surface area (Å²) < 4.78 is 1.83. The molecular formula is C16H17N5OS. The molecule has 0 atom stereocenters. The summed E-state index contributed by atoms with van der Waals surface area (Å²) in [4.78, 5) is 20.7.